The number of nitrogens with zero attached hydrogens (tertiary/aromatic N) is 3. The second-order valence-corrected chi connectivity index (χ2v) is 6.17. The minimum atomic E-state index is -3.63. The number of carboxylic acids is 1. The van der Waals surface area contributed by atoms with Crippen LogP contribution in [0.5, 0.6) is 0 Å². The van der Waals surface area contributed by atoms with E-state index in [4.69, 9.17) is 5.11 Å². The van der Waals surface area contributed by atoms with Crippen molar-refractivity contribution in [1.82, 2.24) is 19.1 Å². The molecule has 0 aliphatic carbocycles. The highest BCUT2D eigenvalue weighted by Gasteiger charge is 2.16. The molecule has 0 saturated heterocycles. The molecule has 0 atom stereocenters. The van der Waals surface area contributed by atoms with Crippen molar-refractivity contribution in [2.75, 3.05) is 6.54 Å². The zero-order valence-corrected chi connectivity index (χ0v) is 12.0. The van der Waals surface area contributed by atoms with E-state index in [9.17, 15) is 13.2 Å². The molecule has 2 heterocycles. The molecular formula is C12H16N4O4S. The van der Waals surface area contributed by atoms with Crippen molar-refractivity contribution in [3.05, 3.63) is 36.9 Å². The molecule has 0 unspecified atom stereocenters. The van der Waals surface area contributed by atoms with Crippen molar-refractivity contribution in [3.63, 3.8) is 0 Å². The molecule has 2 aromatic rings. The number of nitrogens with one attached hydrogen (secondary N) is 1. The van der Waals surface area contributed by atoms with E-state index >= 15 is 0 Å². The van der Waals surface area contributed by atoms with E-state index in [1.54, 1.807) is 0 Å². The number of carboxylic acid groups (broad SMARTS) is 1. The van der Waals surface area contributed by atoms with Crippen LogP contribution >= 0.6 is 0 Å². The van der Waals surface area contributed by atoms with Gasteiger partial charge in [-0.15, -0.1) is 0 Å². The van der Waals surface area contributed by atoms with Crippen LogP contribution in [0.4, 0.5) is 0 Å². The molecule has 0 amide bonds. The van der Waals surface area contributed by atoms with E-state index in [0.717, 1.165) is 0 Å². The van der Waals surface area contributed by atoms with Crippen LogP contribution in [0.15, 0.2) is 41.8 Å². The van der Waals surface area contributed by atoms with Crippen molar-refractivity contribution in [2.45, 2.75) is 24.4 Å². The van der Waals surface area contributed by atoms with Crippen molar-refractivity contribution in [3.8, 4) is 0 Å². The molecule has 2 aromatic heterocycles. The summed E-state index contributed by atoms with van der Waals surface area (Å²) in [5.74, 6) is -0.959. The van der Waals surface area contributed by atoms with E-state index in [2.05, 4.69) is 9.82 Å². The molecule has 114 valence electrons. The summed E-state index contributed by atoms with van der Waals surface area (Å²) in [7, 11) is -3.63. The summed E-state index contributed by atoms with van der Waals surface area (Å²) in [5, 5.41) is 12.4. The van der Waals surface area contributed by atoms with Crippen LogP contribution in [0.3, 0.4) is 0 Å². The summed E-state index contributed by atoms with van der Waals surface area (Å²) in [6.07, 6.45) is 6.11. The average molecular weight is 312 g/mol. The third-order valence-corrected chi connectivity index (χ3v) is 4.22. The normalized spacial score (nSPS) is 11.6. The van der Waals surface area contributed by atoms with Crippen molar-refractivity contribution in [2.24, 2.45) is 0 Å². The van der Waals surface area contributed by atoms with Gasteiger partial charge in [0.05, 0.1) is 19.2 Å². The highest BCUT2D eigenvalue weighted by atomic mass is 32.2. The Labute approximate surface area is 122 Å². The first-order valence-electron chi connectivity index (χ1n) is 6.32. The third-order valence-electron chi connectivity index (χ3n) is 2.80. The molecule has 9 heteroatoms. The quantitative estimate of drug-likeness (QED) is 0.721. The monoisotopic (exact) mass is 312 g/mol. The Morgan fingerprint density at radius 3 is 2.67 bits per heavy atom. The summed E-state index contributed by atoms with van der Waals surface area (Å²) in [5.41, 5.74) is 0. The van der Waals surface area contributed by atoms with E-state index in [1.807, 2.05) is 29.1 Å². The molecule has 0 aliphatic heterocycles. The Kier molecular flexibility index (Phi) is 4.76. The zero-order chi connectivity index (χ0) is 15.3. The van der Waals surface area contributed by atoms with E-state index in [0.29, 0.717) is 6.54 Å². The number of aromatic nitrogens is 3. The minimum Gasteiger partial charge on any atom is -0.481 e. The summed E-state index contributed by atoms with van der Waals surface area (Å²) >= 11 is 0. The topological polar surface area (TPSA) is 106 Å². The average Bonchev–Trinajstić information content (AvgIpc) is 3.07. The number of rotatable bonds is 8. The lowest BCUT2D eigenvalue weighted by Gasteiger charge is -2.05. The van der Waals surface area contributed by atoms with Gasteiger partial charge in [0.15, 0.2) is 0 Å². The van der Waals surface area contributed by atoms with Gasteiger partial charge in [0.25, 0.3) is 0 Å². The first-order chi connectivity index (χ1) is 9.97. The van der Waals surface area contributed by atoms with Gasteiger partial charge in [-0.3, -0.25) is 9.48 Å². The molecule has 0 aliphatic rings. The summed E-state index contributed by atoms with van der Waals surface area (Å²) in [6, 6.07) is 3.72. The molecule has 2 rings (SSSR count). The largest absolute Gasteiger partial charge is 0.481 e. The number of carbonyl (C=O) groups is 1. The molecule has 0 fully saturated rings. The molecule has 0 saturated carbocycles. The van der Waals surface area contributed by atoms with Crippen LogP contribution in [0.2, 0.25) is 0 Å². The molecule has 8 nitrogen and oxygen atoms in total. The second kappa shape index (κ2) is 6.55. The maximum Gasteiger partial charge on any atom is 0.305 e. The summed E-state index contributed by atoms with van der Waals surface area (Å²) < 4.78 is 29.7. The number of hydrogen-bond acceptors (Lipinski definition) is 4. The van der Waals surface area contributed by atoms with E-state index < -0.39 is 16.0 Å². The lowest BCUT2D eigenvalue weighted by atomic mass is 10.4. The fourth-order valence-electron chi connectivity index (χ4n) is 1.73. The van der Waals surface area contributed by atoms with E-state index in [-0.39, 0.29) is 24.4 Å². The standard InChI is InChI=1S/C12H16N4O4S/c17-12(18)3-7-16-10-11(9-13-16)21(19,20)14-4-8-15-5-1-2-6-15/h1-2,5-6,9-10,14H,3-4,7-8H2,(H,17,18). The highest BCUT2D eigenvalue weighted by molar-refractivity contribution is 7.89. The molecule has 0 bridgehead atoms. The van der Waals surface area contributed by atoms with Gasteiger partial charge in [0.1, 0.15) is 4.90 Å². The highest BCUT2D eigenvalue weighted by Crippen LogP contribution is 2.07. The molecule has 21 heavy (non-hydrogen) atoms. The molecule has 0 aromatic carbocycles. The Morgan fingerprint density at radius 2 is 2.00 bits per heavy atom. The Balaban J connectivity index is 1.91. The Bertz CT molecular complexity index is 691. The van der Waals surface area contributed by atoms with Crippen LogP contribution in [0.25, 0.3) is 0 Å². The smallest absolute Gasteiger partial charge is 0.305 e. The third kappa shape index (κ3) is 4.43. The molecule has 2 N–H and O–H groups in total. The van der Waals surface area contributed by atoms with Gasteiger partial charge < -0.3 is 9.67 Å². The molecule has 0 radical (unpaired) electrons. The maximum absolute atomic E-state index is 12.0. The van der Waals surface area contributed by atoms with Crippen LogP contribution in [-0.4, -0.2) is 40.4 Å². The second-order valence-electron chi connectivity index (χ2n) is 4.40. The van der Waals surface area contributed by atoms with Crippen molar-refractivity contribution < 1.29 is 18.3 Å². The minimum absolute atomic E-state index is 0.0281. The van der Waals surface area contributed by atoms with Gasteiger partial charge in [-0.25, -0.2) is 13.1 Å². The Morgan fingerprint density at radius 1 is 1.29 bits per heavy atom. The van der Waals surface area contributed by atoms with Gasteiger partial charge in [-0.1, -0.05) is 0 Å². The fraction of sp³-hybridized carbons (Fsp3) is 0.333. The Hall–Kier alpha value is -2.13. The van der Waals surface area contributed by atoms with Crippen molar-refractivity contribution in [1.29, 1.82) is 0 Å². The summed E-state index contributed by atoms with van der Waals surface area (Å²) in [6.45, 7) is 0.922. The maximum atomic E-state index is 12.0. The number of aryl methyl sites for hydroxylation is 1. The van der Waals surface area contributed by atoms with Crippen LogP contribution in [0, 0.1) is 0 Å². The number of aliphatic carboxylic acids is 1. The first-order valence-corrected chi connectivity index (χ1v) is 7.80. The van der Waals surface area contributed by atoms with Gasteiger partial charge in [0, 0.05) is 31.7 Å². The molecule has 0 spiro atoms. The SMILES string of the molecule is O=C(O)CCn1cc(S(=O)(=O)NCCn2cccc2)cn1. The zero-order valence-electron chi connectivity index (χ0n) is 11.2. The summed E-state index contributed by atoms with van der Waals surface area (Å²) in [4.78, 5) is 10.5. The number of sulfonamides is 1. The van der Waals surface area contributed by atoms with Gasteiger partial charge in [-0.2, -0.15) is 5.10 Å². The number of hydrogen-bond donors (Lipinski definition) is 2. The predicted octanol–water partition coefficient (Wildman–Crippen LogP) is 0.138. The van der Waals surface area contributed by atoms with Gasteiger partial charge in [0.2, 0.25) is 10.0 Å². The van der Waals surface area contributed by atoms with E-state index in [1.165, 1.54) is 17.1 Å². The predicted molar refractivity (Wildman–Crippen MR) is 74.1 cm³/mol. The lowest BCUT2D eigenvalue weighted by molar-refractivity contribution is -0.137. The van der Waals surface area contributed by atoms with Crippen LogP contribution < -0.4 is 4.72 Å². The van der Waals surface area contributed by atoms with Gasteiger partial charge in [-0.05, 0) is 12.1 Å². The first kappa shape index (κ1) is 15.3. The van der Waals surface area contributed by atoms with Crippen LogP contribution in [-0.2, 0) is 27.9 Å². The van der Waals surface area contributed by atoms with Crippen molar-refractivity contribution >= 4 is 16.0 Å². The van der Waals surface area contributed by atoms with Crippen LogP contribution in [0.1, 0.15) is 6.42 Å². The lowest BCUT2D eigenvalue weighted by Crippen LogP contribution is -2.27. The fourth-order valence-corrected chi connectivity index (χ4v) is 2.70. The van der Waals surface area contributed by atoms with Gasteiger partial charge >= 0.3 is 5.97 Å². The molecular weight excluding hydrogens is 296 g/mol.